The summed E-state index contributed by atoms with van der Waals surface area (Å²) < 4.78 is 11.6. The zero-order chi connectivity index (χ0) is 24.8. The van der Waals surface area contributed by atoms with Crippen LogP contribution < -0.4 is 15.1 Å². The van der Waals surface area contributed by atoms with E-state index in [0.29, 0.717) is 22.7 Å². The Balaban J connectivity index is 1.60. The zero-order valence-corrected chi connectivity index (χ0v) is 21.5. The topological polar surface area (TPSA) is 108 Å². The third kappa shape index (κ3) is 5.70. The van der Waals surface area contributed by atoms with Crippen LogP contribution in [0.15, 0.2) is 39.9 Å². The van der Waals surface area contributed by atoms with Crippen LogP contribution in [-0.2, 0) is 22.4 Å². The molecule has 35 heavy (non-hydrogen) atoms. The molecule has 4 rings (SSSR count). The van der Waals surface area contributed by atoms with Crippen molar-refractivity contribution in [1.82, 2.24) is 5.27 Å². The maximum absolute atomic E-state index is 13.4. The summed E-state index contributed by atoms with van der Waals surface area (Å²) in [6.07, 6.45) is 6.54. The lowest BCUT2D eigenvalue weighted by Crippen LogP contribution is -2.36. The molecule has 0 saturated carbocycles. The van der Waals surface area contributed by atoms with E-state index in [1.807, 2.05) is 25.1 Å². The van der Waals surface area contributed by atoms with Crippen LogP contribution in [0.25, 0.3) is 5.69 Å². The second-order valence-electron chi connectivity index (χ2n) is 8.26. The Morgan fingerprint density at radius 1 is 1.20 bits per heavy atom. The molecule has 3 aromatic rings. The number of hydrogen-bond acceptors (Lipinski definition) is 8. The van der Waals surface area contributed by atoms with Gasteiger partial charge in [-0.1, -0.05) is 38.0 Å². The molecule has 1 unspecified atom stereocenters. The number of hydrogen-bond donors (Lipinski definition) is 1. The van der Waals surface area contributed by atoms with Crippen molar-refractivity contribution in [3.8, 4) is 11.6 Å². The van der Waals surface area contributed by atoms with Crippen molar-refractivity contribution in [3.05, 3.63) is 46.3 Å². The Bertz CT molecular complexity index is 1180. The number of carbonyl (C=O) groups excluding carboxylic acids is 2. The molecular weight excluding hydrogens is 486 g/mol. The van der Waals surface area contributed by atoms with Gasteiger partial charge in [-0.25, -0.2) is 4.79 Å². The number of esters is 1. The van der Waals surface area contributed by atoms with Crippen molar-refractivity contribution >= 4 is 40.0 Å². The van der Waals surface area contributed by atoms with Crippen molar-refractivity contribution in [2.75, 3.05) is 11.9 Å². The van der Waals surface area contributed by atoms with Gasteiger partial charge in [0.1, 0.15) is 5.00 Å². The largest absolute Gasteiger partial charge is 0.538 e. The molecule has 1 aromatic carbocycles. The van der Waals surface area contributed by atoms with Gasteiger partial charge in [-0.2, -0.15) is 0 Å². The summed E-state index contributed by atoms with van der Waals surface area (Å²) in [5.74, 6) is -1.28. The van der Waals surface area contributed by atoms with Crippen LogP contribution in [0.4, 0.5) is 5.00 Å². The number of rotatable bonds is 8. The van der Waals surface area contributed by atoms with Gasteiger partial charge in [-0.05, 0) is 61.0 Å². The maximum atomic E-state index is 13.4. The summed E-state index contributed by atoms with van der Waals surface area (Å²) in [4.78, 5) is 27.4. The average Bonchev–Trinajstić information content (AvgIpc) is 3.37. The third-order valence-corrected chi connectivity index (χ3v) is 8.48. The quantitative estimate of drug-likeness (QED) is 0.269. The predicted molar refractivity (Wildman–Crippen MR) is 132 cm³/mol. The van der Waals surface area contributed by atoms with Gasteiger partial charge < -0.3 is 19.7 Å². The number of thiophene rings is 1. The maximum Gasteiger partial charge on any atom is 0.341 e. The summed E-state index contributed by atoms with van der Waals surface area (Å²) in [6.45, 7) is 3.92. The highest BCUT2D eigenvalue weighted by Crippen LogP contribution is 2.38. The van der Waals surface area contributed by atoms with Gasteiger partial charge in [0.2, 0.25) is 11.6 Å². The lowest BCUT2D eigenvalue weighted by molar-refractivity contribution is -0.705. The molecule has 1 aliphatic rings. The Morgan fingerprint density at radius 2 is 1.94 bits per heavy atom. The molecule has 1 amide bonds. The molecule has 2 aromatic heterocycles. The van der Waals surface area contributed by atoms with Crippen molar-refractivity contribution in [3.63, 3.8) is 0 Å². The van der Waals surface area contributed by atoms with E-state index in [2.05, 4.69) is 10.6 Å². The average molecular weight is 516 g/mol. The van der Waals surface area contributed by atoms with Crippen molar-refractivity contribution in [2.24, 2.45) is 0 Å². The fraction of sp³-hybridized carbons (Fsp3) is 0.440. The number of fused-ring (bicyclic) bond motifs is 1. The van der Waals surface area contributed by atoms with Crippen molar-refractivity contribution in [1.29, 1.82) is 0 Å². The van der Waals surface area contributed by atoms with Crippen LogP contribution in [0.1, 0.15) is 66.8 Å². The number of thioether (sulfide) groups is 1. The van der Waals surface area contributed by atoms with Crippen molar-refractivity contribution in [2.45, 2.75) is 69.1 Å². The summed E-state index contributed by atoms with van der Waals surface area (Å²) in [5.41, 5.74) is 2.15. The van der Waals surface area contributed by atoms with Gasteiger partial charge in [0.05, 0.1) is 22.7 Å². The van der Waals surface area contributed by atoms with Gasteiger partial charge >= 0.3 is 5.97 Å². The lowest BCUT2D eigenvalue weighted by atomic mass is 9.96. The monoisotopic (exact) mass is 515 g/mol. The molecule has 0 saturated heterocycles. The molecule has 8 nitrogen and oxygen atoms in total. The number of ether oxygens (including phenoxy) is 1. The van der Waals surface area contributed by atoms with Gasteiger partial charge in [0, 0.05) is 17.0 Å². The molecule has 10 heteroatoms. The smallest absolute Gasteiger partial charge is 0.341 e. The van der Waals surface area contributed by atoms with Crippen LogP contribution in [0.3, 0.4) is 0 Å². The lowest BCUT2D eigenvalue weighted by Gasteiger charge is -2.14. The van der Waals surface area contributed by atoms with Gasteiger partial charge in [-0.3, -0.25) is 4.79 Å². The number of nitrogens with one attached hydrogen (secondary N) is 1. The molecule has 0 spiro atoms. The Hall–Kier alpha value is -2.85. The van der Waals surface area contributed by atoms with Crippen LogP contribution in [0.2, 0.25) is 0 Å². The highest BCUT2D eigenvalue weighted by molar-refractivity contribution is 8.00. The highest BCUT2D eigenvalue weighted by atomic mass is 32.2. The van der Waals surface area contributed by atoms with E-state index in [1.165, 1.54) is 22.4 Å². The fourth-order valence-corrected chi connectivity index (χ4v) is 6.40. The van der Waals surface area contributed by atoms with E-state index in [1.54, 1.807) is 19.1 Å². The first-order valence-corrected chi connectivity index (χ1v) is 13.7. The van der Waals surface area contributed by atoms with E-state index in [-0.39, 0.29) is 17.5 Å². The van der Waals surface area contributed by atoms with Crippen LogP contribution >= 0.6 is 23.1 Å². The molecule has 1 atom stereocenters. The molecular formula is C25H29N3O5S2. The molecule has 2 heterocycles. The standard InChI is InChI=1S/C25H29N3O5S2/c1-3-18(35-23-25(31)33-27-28(23)16-12-8-7-9-13-16)21(29)26-22-20(24(30)32-4-2)17-14-10-5-6-11-15-19(17)34-22/h7-9,12-13,18H,3-6,10-11,14-15H2,1-2H3,(H-,26,27,29,30,31). The summed E-state index contributed by atoms with van der Waals surface area (Å²) in [7, 11) is 0. The number of nitrogens with zero attached hydrogens (tertiary/aromatic N) is 2. The SMILES string of the molecule is CCOC(=O)c1c(NC(=O)C(CC)Sc2c([O-])on[n+]2-c2ccccc2)sc2c1CCCCCC2. The summed E-state index contributed by atoms with van der Waals surface area (Å²) in [6, 6.07) is 9.14. The Kier molecular flexibility index (Phi) is 8.46. The first-order chi connectivity index (χ1) is 17.0. The number of amides is 1. The second-order valence-corrected chi connectivity index (χ2v) is 10.6. The molecule has 186 valence electrons. The van der Waals surface area contributed by atoms with E-state index in [0.717, 1.165) is 54.3 Å². The first kappa shape index (κ1) is 25.2. The van der Waals surface area contributed by atoms with Crippen molar-refractivity contribution < 1.29 is 28.6 Å². The normalized spacial score (nSPS) is 14.5. The van der Waals surface area contributed by atoms with Crippen LogP contribution in [-0.4, -0.2) is 29.0 Å². The number of anilines is 1. The zero-order valence-electron chi connectivity index (χ0n) is 19.9. The number of benzene rings is 1. The minimum Gasteiger partial charge on any atom is -0.538 e. The fourth-order valence-electron chi connectivity index (χ4n) is 4.15. The van der Waals surface area contributed by atoms with Crippen LogP contribution in [0, 0.1) is 0 Å². The molecule has 0 aliphatic heterocycles. The van der Waals surface area contributed by atoms with E-state index in [4.69, 9.17) is 9.26 Å². The minimum atomic E-state index is -0.601. The highest BCUT2D eigenvalue weighted by Gasteiger charge is 2.31. The minimum absolute atomic E-state index is 0.224. The second kappa shape index (κ2) is 11.7. The molecule has 1 N–H and O–H groups in total. The molecule has 1 aliphatic carbocycles. The van der Waals surface area contributed by atoms with Crippen LogP contribution in [0.5, 0.6) is 5.95 Å². The van der Waals surface area contributed by atoms with E-state index < -0.39 is 17.2 Å². The molecule has 0 fully saturated rings. The summed E-state index contributed by atoms with van der Waals surface area (Å²) in [5, 5.41) is 19.4. The van der Waals surface area contributed by atoms with E-state index in [9.17, 15) is 14.7 Å². The number of para-hydroxylation sites is 1. The first-order valence-electron chi connectivity index (χ1n) is 12.0. The Morgan fingerprint density at radius 3 is 2.66 bits per heavy atom. The number of aromatic nitrogens is 2. The number of carbonyl (C=O) groups is 2. The number of aryl methyl sites for hydroxylation is 1. The van der Waals surface area contributed by atoms with Gasteiger partial charge in [0.15, 0.2) is 5.95 Å². The van der Waals surface area contributed by atoms with Gasteiger partial charge in [-0.15, -0.1) is 11.3 Å². The van der Waals surface area contributed by atoms with E-state index >= 15 is 0 Å². The summed E-state index contributed by atoms with van der Waals surface area (Å²) >= 11 is 2.57. The predicted octanol–water partition coefficient (Wildman–Crippen LogP) is 4.43. The molecule has 0 bridgehead atoms. The third-order valence-electron chi connectivity index (χ3n) is 5.88. The molecule has 0 radical (unpaired) electrons. The Labute approximate surface area is 212 Å². The van der Waals surface area contributed by atoms with Gasteiger partial charge in [0.25, 0.3) is 5.03 Å².